The van der Waals surface area contributed by atoms with Crippen LogP contribution < -0.4 is 0 Å². The van der Waals surface area contributed by atoms with E-state index in [1.54, 1.807) is 0 Å². The summed E-state index contributed by atoms with van der Waals surface area (Å²) in [4.78, 5) is 14.6. The smallest absolute Gasteiger partial charge is 0.238 e. The number of hydrogen-bond acceptors (Lipinski definition) is 3. The van der Waals surface area contributed by atoms with Gasteiger partial charge in [0.25, 0.3) is 0 Å². The molecule has 0 aromatic heterocycles. The van der Waals surface area contributed by atoms with E-state index in [9.17, 15) is 13.2 Å². The molecule has 1 saturated carbocycles. The number of sulfone groups is 1. The monoisotopic (exact) mass is 363 g/mol. The zero-order valence-corrected chi connectivity index (χ0v) is 16.1. The van der Waals surface area contributed by atoms with E-state index in [4.69, 9.17) is 0 Å². The minimum atomic E-state index is -3.45. The van der Waals surface area contributed by atoms with Crippen LogP contribution in [-0.2, 0) is 20.4 Å². The third-order valence-electron chi connectivity index (χ3n) is 5.79. The third-order valence-corrected chi connectivity index (χ3v) is 7.22. The molecule has 1 aliphatic carbocycles. The van der Waals surface area contributed by atoms with Crippen LogP contribution in [0.5, 0.6) is 0 Å². The number of hydrogen-bond donors (Lipinski definition) is 0. The summed E-state index contributed by atoms with van der Waals surface area (Å²) >= 11 is 0. The number of aryl methyl sites for hydroxylation is 2. The lowest BCUT2D eigenvalue weighted by Gasteiger charge is -2.44. The highest BCUT2D eigenvalue weighted by atomic mass is 32.2. The highest BCUT2D eigenvalue weighted by Crippen LogP contribution is 2.35. The molecule has 1 aromatic rings. The summed E-state index contributed by atoms with van der Waals surface area (Å²) in [6, 6.07) is 6.10. The van der Waals surface area contributed by atoms with Gasteiger partial charge in [-0.3, -0.25) is 4.79 Å². The summed E-state index contributed by atoms with van der Waals surface area (Å²) < 4.78 is 25.3. The van der Waals surface area contributed by atoms with Gasteiger partial charge in [-0.05, 0) is 56.6 Å². The zero-order chi connectivity index (χ0) is 18.0. The molecule has 138 valence electrons. The average molecular weight is 364 g/mol. The van der Waals surface area contributed by atoms with Gasteiger partial charge in [-0.15, -0.1) is 0 Å². The fourth-order valence-corrected chi connectivity index (χ4v) is 5.88. The Labute approximate surface area is 151 Å². The first kappa shape index (κ1) is 18.4. The molecule has 0 radical (unpaired) electrons. The lowest BCUT2D eigenvalue weighted by atomic mass is 9.78. The van der Waals surface area contributed by atoms with E-state index in [0.29, 0.717) is 5.92 Å². The molecule has 1 saturated heterocycles. The first-order chi connectivity index (χ1) is 11.9. The molecular formula is C20H29NO3S. The van der Waals surface area contributed by atoms with Crippen molar-refractivity contribution in [3.63, 3.8) is 0 Å². The first-order valence-electron chi connectivity index (χ1n) is 9.42. The van der Waals surface area contributed by atoms with E-state index in [1.807, 2.05) is 36.9 Å². The third kappa shape index (κ3) is 4.43. The van der Waals surface area contributed by atoms with Gasteiger partial charge in [0.05, 0.1) is 5.75 Å². The van der Waals surface area contributed by atoms with E-state index in [1.165, 1.54) is 19.3 Å². The fraction of sp³-hybridized carbons (Fsp3) is 0.650. The van der Waals surface area contributed by atoms with E-state index < -0.39 is 9.84 Å². The van der Waals surface area contributed by atoms with Gasteiger partial charge >= 0.3 is 0 Å². The Bertz CT molecular complexity index is 739. The predicted octanol–water partition coefficient (Wildman–Crippen LogP) is 3.40. The summed E-state index contributed by atoms with van der Waals surface area (Å²) in [5.74, 6) is -0.0206. The number of fused-ring (bicyclic) bond motifs is 1. The molecule has 2 fully saturated rings. The predicted molar refractivity (Wildman–Crippen MR) is 100 cm³/mol. The van der Waals surface area contributed by atoms with Crippen LogP contribution in [-0.4, -0.2) is 37.6 Å². The molecule has 0 bridgehead atoms. The summed E-state index contributed by atoms with van der Waals surface area (Å²) in [6.45, 7) is 4.60. The van der Waals surface area contributed by atoms with Crippen LogP contribution in [0.2, 0.25) is 0 Å². The van der Waals surface area contributed by atoms with Crippen molar-refractivity contribution in [1.29, 1.82) is 0 Å². The first-order valence-corrected chi connectivity index (χ1v) is 11.2. The van der Waals surface area contributed by atoms with Crippen molar-refractivity contribution in [2.75, 3.05) is 12.3 Å². The Balaban J connectivity index is 1.69. The van der Waals surface area contributed by atoms with Crippen molar-refractivity contribution < 1.29 is 13.2 Å². The van der Waals surface area contributed by atoms with E-state index in [-0.39, 0.29) is 23.5 Å². The number of nitrogens with zero attached hydrogens (tertiary/aromatic N) is 1. The minimum absolute atomic E-state index is 0.0474. The Morgan fingerprint density at radius 2 is 1.84 bits per heavy atom. The average Bonchev–Trinajstić information content (AvgIpc) is 2.57. The maximum Gasteiger partial charge on any atom is 0.238 e. The van der Waals surface area contributed by atoms with Crippen LogP contribution in [0, 0.1) is 19.8 Å². The van der Waals surface area contributed by atoms with Gasteiger partial charge in [-0.1, -0.05) is 36.6 Å². The number of rotatable bonds is 4. The van der Waals surface area contributed by atoms with E-state index >= 15 is 0 Å². The molecule has 1 heterocycles. The molecule has 1 amide bonds. The Morgan fingerprint density at radius 1 is 1.12 bits per heavy atom. The molecule has 3 rings (SSSR count). The SMILES string of the molecule is Cc1ccc(C)c(CS(=O)(=O)CC(=O)N2CCC[C@@H]3CCCC[C@@H]32)c1. The highest BCUT2D eigenvalue weighted by Gasteiger charge is 2.36. The number of amides is 1. The molecule has 5 heteroatoms. The topological polar surface area (TPSA) is 54.5 Å². The number of likely N-dealkylation sites (tertiary alicyclic amines) is 1. The summed E-state index contributed by atoms with van der Waals surface area (Å²) in [5.41, 5.74) is 2.82. The molecule has 2 atom stereocenters. The largest absolute Gasteiger partial charge is 0.339 e. The second-order valence-corrected chi connectivity index (χ2v) is 9.87. The van der Waals surface area contributed by atoms with Crippen LogP contribution in [0.1, 0.15) is 55.2 Å². The number of piperidine rings is 1. The second-order valence-electron chi connectivity index (χ2n) is 7.80. The van der Waals surface area contributed by atoms with Crippen molar-refractivity contribution >= 4 is 15.7 Å². The molecule has 25 heavy (non-hydrogen) atoms. The van der Waals surface area contributed by atoms with Crippen LogP contribution in [0.15, 0.2) is 18.2 Å². The molecule has 0 N–H and O–H groups in total. The van der Waals surface area contributed by atoms with Crippen LogP contribution in [0.4, 0.5) is 0 Å². The molecule has 2 aliphatic rings. The van der Waals surface area contributed by atoms with Gasteiger partial charge in [-0.25, -0.2) is 8.42 Å². The minimum Gasteiger partial charge on any atom is -0.339 e. The molecule has 1 aliphatic heterocycles. The molecule has 0 unspecified atom stereocenters. The number of benzene rings is 1. The Kier molecular flexibility index (Phi) is 5.52. The molecular weight excluding hydrogens is 334 g/mol. The van der Waals surface area contributed by atoms with Crippen LogP contribution in [0.3, 0.4) is 0 Å². The highest BCUT2D eigenvalue weighted by molar-refractivity contribution is 7.91. The Morgan fingerprint density at radius 3 is 2.64 bits per heavy atom. The normalized spacial score (nSPS) is 24.0. The van der Waals surface area contributed by atoms with Gasteiger partial charge in [0.1, 0.15) is 5.75 Å². The summed E-state index contributed by atoms with van der Waals surface area (Å²) in [7, 11) is -3.45. The fourth-order valence-electron chi connectivity index (χ4n) is 4.45. The Hall–Kier alpha value is -1.36. The van der Waals surface area contributed by atoms with E-state index in [0.717, 1.165) is 42.5 Å². The zero-order valence-electron chi connectivity index (χ0n) is 15.3. The van der Waals surface area contributed by atoms with Crippen molar-refractivity contribution in [3.8, 4) is 0 Å². The number of carbonyl (C=O) groups is 1. The lowest BCUT2D eigenvalue weighted by molar-refractivity contribution is -0.134. The quantitative estimate of drug-likeness (QED) is 0.824. The molecule has 4 nitrogen and oxygen atoms in total. The van der Waals surface area contributed by atoms with Crippen LogP contribution in [0.25, 0.3) is 0 Å². The number of carbonyl (C=O) groups excluding carboxylic acids is 1. The maximum absolute atomic E-state index is 12.8. The van der Waals surface area contributed by atoms with Crippen molar-refractivity contribution in [2.45, 2.75) is 64.2 Å². The van der Waals surface area contributed by atoms with Gasteiger partial charge in [0.15, 0.2) is 9.84 Å². The van der Waals surface area contributed by atoms with Crippen LogP contribution >= 0.6 is 0 Å². The van der Waals surface area contributed by atoms with E-state index in [2.05, 4.69) is 0 Å². The lowest BCUT2D eigenvalue weighted by Crippen LogP contribution is -2.51. The van der Waals surface area contributed by atoms with Crippen molar-refractivity contribution in [3.05, 3.63) is 34.9 Å². The second kappa shape index (κ2) is 7.48. The van der Waals surface area contributed by atoms with Crippen molar-refractivity contribution in [2.24, 2.45) is 5.92 Å². The van der Waals surface area contributed by atoms with Gasteiger partial charge < -0.3 is 4.90 Å². The maximum atomic E-state index is 12.8. The standard InChI is InChI=1S/C20H29NO3S/c1-15-9-10-16(2)18(12-15)13-25(23,24)14-20(22)21-11-5-7-17-6-3-4-8-19(17)21/h9-10,12,17,19H,3-8,11,13-14H2,1-2H3/t17-,19-/m0/s1. The molecule has 1 aromatic carbocycles. The van der Waals surface area contributed by atoms with Gasteiger partial charge in [0, 0.05) is 12.6 Å². The summed E-state index contributed by atoms with van der Waals surface area (Å²) in [5, 5.41) is 0. The van der Waals surface area contributed by atoms with Gasteiger partial charge in [0.2, 0.25) is 5.91 Å². The van der Waals surface area contributed by atoms with Crippen molar-refractivity contribution in [1.82, 2.24) is 4.90 Å². The van der Waals surface area contributed by atoms with Gasteiger partial charge in [-0.2, -0.15) is 0 Å². The molecule has 0 spiro atoms. The summed E-state index contributed by atoms with van der Waals surface area (Å²) in [6.07, 6.45) is 6.80.